The van der Waals surface area contributed by atoms with Crippen molar-refractivity contribution < 1.29 is 8.42 Å². The Labute approximate surface area is 115 Å². The van der Waals surface area contributed by atoms with Crippen LogP contribution in [0.3, 0.4) is 0 Å². The largest absolute Gasteiger partial charge is 0.316 e. The van der Waals surface area contributed by atoms with Crippen molar-refractivity contribution in [2.45, 2.75) is 37.6 Å². The predicted octanol–water partition coefficient (Wildman–Crippen LogP) is 1.68. The van der Waals surface area contributed by atoms with Crippen molar-refractivity contribution in [1.82, 2.24) is 9.62 Å². The molecule has 0 radical (unpaired) electrons. The van der Waals surface area contributed by atoms with E-state index in [1.807, 2.05) is 33.0 Å². The van der Waals surface area contributed by atoms with Gasteiger partial charge in [-0.2, -0.15) is 4.31 Å². The van der Waals surface area contributed by atoms with Gasteiger partial charge in [0.2, 0.25) is 10.0 Å². The van der Waals surface area contributed by atoms with Crippen LogP contribution in [0.5, 0.6) is 0 Å². The summed E-state index contributed by atoms with van der Waals surface area (Å²) in [5.41, 5.74) is 1.79. The van der Waals surface area contributed by atoms with Crippen LogP contribution in [0.25, 0.3) is 0 Å². The lowest BCUT2D eigenvalue weighted by atomic mass is 10.1. The van der Waals surface area contributed by atoms with E-state index in [1.165, 1.54) is 0 Å². The number of hydrogen-bond donors (Lipinski definition) is 1. The number of hydrogen-bond acceptors (Lipinski definition) is 3. The molecule has 1 saturated heterocycles. The van der Waals surface area contributed by atoms with E-state index in [1.54, 1.807) is 10.4 Å². The van der Waals surface area contributed by atoms with Crippen LogP contribution in [0.1, 0.15) is 24.0 Å². The molecule has 1 unspecified atom stereocenters. The maximum absolute atomic E-state index is 12.7. The number of piperidine rings is 1. The van der Waals surface area contributed by atoms with Gasteiger partial charge in [-0.15, -0.1) is 0 Å². The molecule has 1 atom stereocenters. The topological polar surface area (TPSA) is 49.4 Å². The van der Waals surface area contributed by atoms with Gasteiger partial charge in [0.05, 0.1) is 4.90 Å². The van der Waals surface area contributed by atoms with Crippen LogP contribution in [-0.4, -0.2) is 38.9 Å². The fraction of sp³-hybridized carbons (Fsp3) is 0.571. The first-order valence-electron chi connectivity index (χ1n) is 6.70. The molecule has 5 heteroatoms. The van der Waals surface area contributed by atoms with E-state index < -0.39 is 10.0 Å². The summed E-state index contributed by atoms with van der Waals surface area (Å²) in [6.45, 7) is 4.96. The minimum Gasteiger partial charge on any atom is -0.316 e. The Morgan fingerprint density at radius 2 is 2.05 bits per heavy atom. The second-order valence-corrected chi connectivity index (χ2v) is 7.17. The van der Waals surface area contributed by atoms with Gasteiger partial charge in [0.1, 0.15) is 0 Å². The monoisotopic (exact) mass is 282 g/mol. The molecule has 2 rings (SSSR count). The summed E-state index contributed by atoms with van der Waals surface area (Å²) in [5.74, 6) is 0. The Balaban J connectivity index is 2.34. The van der Waals surface area contributed by atoms with Gasteiger partial charge >= 0.3 is 0 Å². The quantitative estimate of drug-likeness (QED) is 0.917. The smallest absolute Gasteiger partial charge is 0.243 e. The highest BCUT2D eigenvalue weighted by atomic mass is 32.2. The van der Waals surface area contributed by atoms with Crippen molar-refractivity contribution in [3.8, 4) is 0 Å². The first-order chi connectivity index (χ1) is 8.95. The van der Waals surface area contributed by atoms with Gasteiger partial charge in [-0.1, -0.05) is 12.1 Å². The Bertz CT molecular complexity index is 555. The second-order valence-electron chi connectivity index (χ2n) is 5.26. The normalized spacial score (nSPS) is 21.5. The fourth-order valence-corrected chi connectivity index (χ4v) is 4.35. The number of aryl methyl sites for hydroxylation is 2. The second kappa shape index (κ2) is 5.61. The highest BCUT2D eigenvalue weighted by Gasteiger charge is 2.30. The molecule has 1 aliphatic heterocycles. The van der Waals surface area contributed by atoms with Gasteiger partial charge < -0.3 is 5.32 Å². The number of nitrogens with one attached hydrogen (secondary N) is 1. The van der Waals surface area contributed by atoms with Gasteiger partial charge in [-0.3, -0.25) is 0 Å². The Morgan fingerprint density at radius 1 is 1.32 bits per heavy atom. The van der Waals surface area contributed by atoms with Crippen molar-refractivity contribution in [3.05, 3.63) is 29.3 Å². The predicted molar refractivity (Wildman–Crippen MR) is 76.8 cm³/mol. The first kappa shape index (κ1) is 14.5. The van der Waals surface area contributed by atoms with Gasteiger partial charge in [0, 0.05) is 19.1 Å². The molecule has 1 heterocycles. The highest BCUT2D eigenvalue weighted by Crippen LogP contribution is 2.24. The molecule has 1 aromatic carbocycles. The lowest BCUT2D eigenvalue weighted by Crippen LogP contribution is -2.46. The average molecular weight is 282 g/mol. The number of rotatable bonds is 3. The standard InChI is InChI=1S/C14H22N2O2S/c1-11-6-7-12(2)14(9-11)19(17,18)16-8-4-5-13(10-16)15-3/h6-7,9,13,15H,4-5,8,10H2,1-3H3. The Kier molecular flexibility index (Phi) is 4.28. The van der Waals surface area contributed by atoms with E-state index in [0.717, 1.165) is 24.0 Å². The maximum Gasteiger partial charge on any atom is 0.243 e. The number of nitrogens with zero attached hydrogens (tertiary/aromatic N) is 1. The first-order valence-corrected chi connectivity index (χ1v) is 8.14. The van der Waals surface area contributed by atoms with Gasteiger partial charge in [0.15, 0.2) is 0 Å². The molecule has 1 fully saturated rings. The zero-order chi connectivity index (χ0) is 14.0. The third kappa shape index (κ3) is 2.99. The van der Waals surface area contributed by atoms with Crippen LogP contribution >= 0.6 is 0 Å². The van der Waals surface area contributed by atoms with E-state index in [9.17, 15) is 8.42 Å². The summed E-state index contributed by atoms with van der Waals surface area (Å²) in [6.07, 6.45) is 1.95. The Morgan fingerprint density at radius 3 is 2.74 bits per heavy atom. The zero-order valence-electron chi connectivity index (χ0n) is 11.8. The van der Waals surface area contributed by atoms with Crippen LogP contribution in [-0.2, 0) is 10.0 Å². The van der Waals surface area contributed by atoms with Crippen molar-refractivity contribution in [1.29, 1.82) is 0 Å². The van der Waals surface area contributed by atoms with Crippen LogP contribution in [0, 0.1) is 13.8 Å². The lowest BCUT2D eigenvalue weighted by Gasteiger charge is -2.32. The molecular formula is C14H22N2O2S. The lowest BCUT2D eigenvalue weighted by molar-refractivity contribution is 0.292. The molecule has 0 spiro atoms. The zero-order valence-corrected chi connectivity index (χ0v) is 12.6. The number of sulfonamides is 1. The van der Waals surface area contributed by atoms with E-state index in [0.29, 0.717) is 18.0 Å². The van der Waals surface area contributed by atoms with Gasteiger partial charge in [0.25, 0.3) is 0 Å². The molecule has 0 aliphatic carbocycles. The van der Waals surface area contributed by atoms with Crippen LogP contribution in [0.15, 0.2) is 23.1 Å². The third-order valence-electron chi connectivity index (χ3n) is 3.75. The van der Waals surface area contributed by atoms with Crippen molar-refractivity contribution in [2.24, 2.45) is 0 Å². The van der Waals surface area contributed by atoms with Crippen molar-refractivity contribution >= 4 is 10.0 Å². The van der Waals surface area contributed by atoms with Crippen LogP contribution in [0.2, 0.25) is 0 Å². The summed E-state index contributed by atoms with van der Waals surface area (Å²) in [4.78, 5) is 0.448. The summed E-state index contributed by atoms with van der Waals surface area (Å²) < 4.78 is 27.1. The molecule has 0 bridgehead atoms. The molecule has 1 aliphatic rings. The third-order valence-corrected chi connectivity index (χ3v) is 5.76. The van der Waals surface area contributed by atoms with E-state index in [4.69, 9.17) is 0 Å². The summed E-state index contributed by atoms with van der Waals surface area (Å²) >= 11 is 0. The molecule has 0 amide bonds. The number of likely N-dealkylation sites (N-methyl/N-ethyl adjacent to an activating group) is 1. The van der Waals surface area contributed by atoms with Crippen molar-refractivity contribution in [2.75, 3.05) is 20.1 Å². The molecule has 19 heavy (non-hydrogen) atoms. The molecular weight excluding hydrogens is 260 g/mol. The van der Waals surface area contributed by atoms with E-state index in [-0.39, 0.29) is 6.04 Å². The van der Waals surface area contributed by atoms with Crippen molar-refractivity contribution in [3.63, 3.8) is 0 Å². The molecule has 1 N–H and O–H groups in total. The van der Waals surface area contributed by atoms with Crippen LogP contribution < -0.4 is 5.32 Å². The average Bonchev–Trinajstić information content (AvgIpc) is 2.41. The summed E-state index contributed by atoms with van der Waals surface area (Å²) in [7, 11) is -1.48. The molecule has 0 aromatic heterocycles. The molecule has 106 valence electrons. The summed E-state index contributed by atoms with van der Waals surface area (Å²) in [5, 5.41) is 3.18. The molecule has 1 aromatic rings. The minimum absolute atomic E-state index is 0.258. The molecule has 0 saturated carbocycles. The van der Waals surface area contributed by atoms with E-state index >= 15 is 0 Å². The fourth-order valence-electron chi connectivity index (χ4n) is 2.52. The summed E-state index contributed by atoms with van der Waals surface area (Å²) in [6, 6.07) is 5.85. The van der Waals surface area contributed by atoms with Gasteiger partial charge in [-0.05, 0) is 50.9 Å². The molecule has 4 nitrogen and oxygen atoms in total. The highest BCUT2D eigenvalue weighted by molar-refractivity contribution is 7.89. The minimum atomic E-state index is -3.36. The van der Waals surface area contributed by atoms with E-state index in [2.05, 4.69) is 5.32 Å². The SMILES string of the molecule is CNC1CCCN(S(=O)(=O)c2cc(C)ccc2C)C1. The Hall–Kier alpha value is -0.910. The number of benzene rings is 1. The van der Waals surface area contributed by atoms with Crippen LogP contribution in [0.4, 0.5) is 0 Å². The maximum atomic E-state index is 12.7. The van der Waals surface area contributed by atoms with Gasteiger partial charge in [-0.25, -0.2) is 8.42 Å².